The molecule has 1 aliphatic rings. The summed E-state index contributed by atoms with van der Waals surface area (Å²) in [7, 11) is 0. The number of alkyl halides is 3. The van der Waals surface area contributed by atoms with E-state index in [1.165, 1.54) is 27.9 Å². The zero-order valence-electron chi connectivity index (χ0n) is 15.5. The van der Waals surface area contributed by atoms with Gasteiger partial charge in [0.1, 0.15) is 11.5 Å². The maximum Gasteiger partial charge on any atom is 0.416 e. The van der Waals surface area contributed by atoms with Crippen molar-refractivity contribution >= 4 is 11.6 Å². The first kappa shape index (κ1) is 19.2. The second kappa shape index (κ2) is 7.02. The Morgan fingerprint density at radius 1 is 1.10 bits per heavy atom. The Balaban J connectivity index is 1.70. The molecule has 1 amide bonds. The molecule has 0 saturated heterocycles. The van der Waals surface area contributed by atoms with Crippen LogP contribution in [0.5, 0.6) is 0 Å². The van der Waals surface area contributed by atoms with E-state index in [1.807, 2.05) is 0 Å². The Hall–Kier alpha value is -3.16. The Bertz CT molecular complexity index is 1090. The van der Waals surface area contributed by atoms with Crippen molar-refractivity contribution in [2.75, 3.05) is 11.4 Å². The van der Waals surface area contributed by atoms with Gasteiger partial charge >= 0.3 is 6.18 Å². The predicted molar refractivity (Wildman–Crippen MR) is 99.7 cm³/mol. The molecule has 0 fully saturated rings. The molecule has 2 aromatic carbocycles. The summed E-state index contributed by atoms with van der Waals surface area (Å²) in [4.78, 5) is 14.6. The topological polar surface area (TPSA) is 38.1 Å². The van der Waals surface area contributed by atoms with E-state index >= 15 is 0 Å². The van der Waals surface area contributed by atoms with Crippen LogP contribution in [0.3, 0.4) is 0 Å². The Morgan fingerprint density at radius 3 is 2.59 bits per heavy atom. The number of benzene rings is 2. The third kappa shape index (κ3) is 3.39. The van der Waals surface area contributed by atoms with Gasteiger partial charge in [0, 0.05) is 12.2 Å². The summed E-state index contributed by atoms with van der Waals surface area (Å²) in [6.07, 6.45) is -2.04. The number of aromatic nitrogens is 2. The van der Waals surface area contributed by atoms with Crippen LogP contribution in [0, 0.1) is 12.7 Å². The van der Waals surface area contributed by atoms with Crippen LogP contribution in [0.1, 0.15) is 33.6 Å². The van der Waals surface area contributed by atoms with E-state index in [-0.39, 0.29) is 17.2 Å². The molecule has 2 heterocycles. The van der Waals surface area contributed by atoms with Crippen molar-refractivity contribution in [1.29, 1.82) is 0 Å². The van der Waals surface area contributed by atoms with Crippen molar-refractivity contribution in [2.24, 2.45) is 0 Å². The molecule has 0 saturated carbocycles. The summed E-state index contributed by atoms with van der Waals surface area (Å²) in [5.74, 6) is -0.841. The number of hydrogen-bond donors (Lipinski definition) is 0. The summed E-state index contributed by atoms with van der Waals surface area (Å²) in [6.45, 7) is 2.05. The molecule has 4 nitrogen and oxygen atoms in total. The fraction of sp³-hybridized carbons (Fsp3) is 0.238. The van der Waals surface area contributed by atoms with E-state index < -0.39 is 17.6 Å². The number of amides is 1. The molecule has 0 N–H and O–H groups in total. The standard InChI is InChI=1S/C21H17F4N3O/c1-13-16(12-26-28(13)19-7-3-2-6-17(19)22)20(29)27-10-4-5-14-11-15(21(23,24)25)8-9-18(14)27/h2-3,6-9,11-12H,4-5,10H2,1H3. The highest BCUT2D eigenvalue weighted by Gasteiger charge is 2.33. The molecule has 1 aliphatic heterocycles. The molecule has 0 atom stereocenters. The van der Waals surface area contributed by atoms with Gasteiger partial charge < -0.3 is 4.90 Å². The zero-order valence-corrected chi connectivity index (χ0v) is 15.5. The van der Waals surface area contributed by atoms with Gasteiger partial charge in [-0.1, -0.05) is 12.1 Å². The van der Waals surface area contributed by atoms with Gasteiger partial charge in [-0.15, -0.1) is 0 Å². The highest BCUT2D eigenvalue weighted by molar-refractivity contribution is 6.07. The van der Waals surface area contributed by atoms with E-state index in [1.54, 1.807) is 25.1 Å². The number of rotatable bonds is 2. The maximum absolute atomic E-state index is 14.1. The third-order valence-electron chi connectivity index (χ3n) is 5.09. The molecule has 4 rings (SSSR count). The summed E-state index contributed by atoms with van der Waals surface area (Å²) in [5, 5.41) is 4.15. The third-order valence-corrected chi connectivity index (χ3v) is 5.09. The first-order valence-electron chi connectivity index (χ1n) is 9.09. The minimum Gasteiger partial charge on any atom is -0.308 e. The van der Waals surface area contributed by atoms with Crippen LogP contribution in [-0.2, 0) is 12.6 Å². The number of carbonyl (C=O) groups excluding carboxylic acids is 1. The average Bonchev–Trinajstić information content (AvgIpc) is 3.07. The lowest BCUT2D eigenvalue weighted by Gasteiger charge is -2.30. The SMILES string of the molecule is Cc1c(C(=O)N2CCCc3cc(C(F)(F)F)ccc32)cnn1-c1ccccc1F. The summed E-state index contributed by atoms with van der Waals surface area (Å²) >= 11 is 0. The lowest BCUT2D eigenvalue weighted by Crippen LogP contribution is -2.35. The maximum atomic E-state index is 14.1. The highest BCUT2D eigenvalue weighted by Crippen LogP contribution is 2.36. The fourth-order valence-electron chi connectivity index (χ4n) is 3.62. The van der Waals surface area contributed by atoms with Gasteiger partial charge in [0.15, 0.2) is 0 Å². The normalized spacial score (nSPS) is 14.0. The van der Waals surface area contributed by atoms with E-state index in [4.69, 9.17) is 0 Å². The van der Waals surface area contributed by atoms with Crippen LogP contribution in [0.15, 0.2) is 48.7 Å². The molecule has 0 aliphatic carbocycles. The highest BCUT2D eigenvalue weighted by atomic mass is 19.4. The van der Waals surface area contributed by atoms with E-state index in [2.05, 4.69) is 5.10 Å². The second-order valence-corrected chi connectivity index (χ2v) is 6.91. The molecule has 29 heavy (non-hydrogen) atoms. The first-order valence-corrected chi connectivity index (χ1v) is 9.09. The quantitative estimate of drug-likeness (QED) is 0.569. The number of fused-ring (bicyclic) bond motifs is 1. The Morgan fingerprint density at radius 2 is 1.86 bits per heavy atom. The zero-order chi connectivity index (χ0) is 20.8. The van der Waals surface area contributed by atoms with Crippen LogP contribution in [0.25, 0.3) is 5.69 Å². The summed E-state index contributed by atoms with van der Waals surface area (Å²) < 4.78 is 54.5. The lowest BCUT2D eigenvalue weighted by atomic mass is 9.98. The number of carbonyl (C=O) groups is 1. The lowest BCUT2D eigenvalue weighted by molar-refractivity contribution is -0.137. The van der Waals surface area contributed by atoms with Crippen LogP contribution >= 0.6 is 0 Å². The number of nitrogens with zero attached hydrogens (tertiary/aromatic N) is 3. The fourth-order valence-corrected chi connectivity index (χ4v) is 3.62. The van der Waals surface area contributed by atoms with Gasteiger partial charge in [-0.2, -0.15) is 18.3 Å². The molecule has 0 unspecified atom stereocenters. The summed E-state index contributed by atoms with van der Waals surface area (Å²) in [6, 6.07) is 9.51. The minimum absolute atomic E-state index is 0.220. The van der Waals surface area contributed by atoms with Gasteiger partial charge in [0.2, 0.25) is 0 Å². The first-order chi connectivity index (χ1) is 13.8. The van der Waals surface area contributed by atoms with Gasteiger partial charge in [0.05, 0.1) is 23.0 Å². The van der Waals surface area contributed by atoms with Crippen molar-refractivity contribution in [1.82, 2.24) is 9.78 Å². The number of hydrogen-bond acceptors (Lipinski definition) is 2. The summed E-state index contributed by atoms with van der Waals surface area (Å²) in [5.41, 5.74) is 1.18. The molecule has 0 radical (unpaired) electrons. The molecular formula is C21H17F4N3O. The molecule has 150 valence electrons. The molecule has 8 heteroatoms. The van der Waals surface area contributed by atoms with Crippen molar-refractivity contribution < 1.29 is 22.4 Å². The van der Waals surface area contributed by atoms with Gasteiger partial charge in [-0.05, 0) is 55.7 Å². The smallest absolute Gasteiger partial charge is 0.308 e. The van der Waals surface area contributed by atoms with E-state index in [0.717, 1.165) is 12.1 Å². The monoisotopic (exact) mass is 403 g/mol. The van der Waals surface area contributed by atoms with Crippen LogP contribution in [0.2, 0.25) is 0 Å². The van der Waals surface area contributed by atoms with Gasteiger partial charge in [0.25, 0.3) is 5.91 Å². The average molecular weight is 403 g/mol. The number of para-hydroxylation sites is 1. The Kier molecular flexibility index (Phi) is 4.64. The van der Waals surface area contributed by atoms with Crippen molar-refractivity contribution in [3.8, 4) is 5.69 Å². The van der Waals surface area contributed by atoms with Gasteiger partial charge in [-0.25, -0.2) is 9.07 Å². The largest absolute Gasteiger partial charge is 0.416 e. The van der Waals surface area contributed by atoms with Crippen molar-refractivity contribution in [2.45, 2.75) is 25.9 Å². The number of halogens is 4. The van der Waals surface area contributed by atoms with Crippen LogP contribution in [0.4, 0.5) is 23.2 Å². The van der Waals surface area contributed by atoms with Crippen molar-refractivity contribution in [3.05, 3.63) is 76.9 Å². The molecule has 1 aromatic heterocycles. The van der Waals surface area contributed by atoms with E-state index in [0.29, 0.717) is 36.3 Å². The molecule has 3 aromatic rings. The number of anilines is 1. The van der Waals surface area contributed by atoms with Crippen LogP contribution < -0.4 is 4.90 Å². The van der Waals surface area contributed by atoms with Gasteiger partial charge in [-0.3, -0.25) is 4.79 Å². The Labute approximate surface area is 164 Å². The molecule has 0 bridgehead atoms. The van der Waals surface area contributed by atoms with E-state index in [9.17, 15) is 22.4 Å². The number of aryl methyl sites for hydroxylation is 1. The van der Waals surface area contributed by atoms with Crippen molar-refractivity contribution in [3.63, 3.8) is 0 Å². The predicted octanol–water partition coefficient (Wildman–Crippen LogP) is 4.93. The molecule has 0 spiro atoms. The van der Waals surface area contributed by atoms with Crippen LogP contribution in [-0.4, -0.2) is 22.2 Å². The second-order valence-electron chi connectivity index (χ2n) is 6.91. The molecular weight excluding hydrogens is 386 g/mol. The minimum atomic E-state index is -4.43.